The van der Waals surface area contributed by atoms with Gasteiger partial charge in [-0.2, -0.15) is 0 Å². The molecule has 4 rings (SSSR count). The van der Waals surface area contributed by atoms with Crippen molar-refractivity contribution < 1.29 is 4.79 Å². The van der Waals surface area contributed by atoms with Crippen LogP contribution in [-0.2, 0) is 17.0 Å². The predicted octanol–water partition coefficient (Wildman–Crippen LogP) is 5.73. The smallest absolute Gasteiger partial charge is 0.231 e. The maximum atomic E-state index is 12.4. The summed E-state index contributed by atoms with van der Waals surface area (Å²) in [5.74, 6) is 0.658. The normalized spacial score (nSPS) is 10.9. The van der Waals surface area contributed by atoms with Gasteiger partial charge in [0.15, 0.2) is 5.16 Å². The van der Waals surface area contributed by atoms with E-state index < -0.39 is 0 Å². The Kier molecular flexibility index (Phi) is 6.53. The van der Waals surface area contributed by atoms with Crippen LogP contribution in [0.1, 0.15) is 27.4 Å². The Morgan fingerprint density at radius 2 is 1.90 bits per heavy atom. The highest BCUT2D eigenvalue weighted by Crippen LogP contribution is 2.27. The van der Waals surface area contributed by atoms with Crippen LogP contribution in [0.25, 0.3) is 5.69 Å². The third-order valence-electron chi connectivity index (χ3n) is 5.12. The zero-order valence-corrected chi connectivity index (χ0v) is 19.4. The number of hydrogen-bond donors (Lipinski definition) is 1. The van der Waals surface area contributed by atoms with Crippen molar-refractivity contribution in [3.05, 3.63) is 87.6 Å². The number of carbonyl (C=O) groups is 1. The molecule has 0 saturated carbocycles. The van der Waals surface area contributed by atoms with Gasteiger partial charge >= 0.3 is 0 Å². The Bertz CT molecular complexity index is 1210. The van der Waals surface area contributed by atoms with Crippen molar-refractivity contribution in [2.45, 2.75) is 38.1 Å². The number of thiazole rings is 1. The minimum absolute atomic E-state index is 0.0479. The number of nitrogens with one attached hydrogen (secondary N) is 1. The van der Waals surface area contributed by atoms with E-state index >= 15 is 0 Å². The van der Waals surface area contributed by atoms with Crippen molar-refractivity contribution in [3.8, 4) is 5.69 Å². The number of hydrogen-bond acceptors (Lipinski definition) is 5. The monoisotopic (exact) mass is 448 g/mol. The molecule has 0 bridgehead atoms. The second-order valence-electron chi connectivity index (χ2n) is 7.36. The molecule has 1 amide bonds. The third kappa shape index (κ3) is 5.06. The first kappa shape index (κ1) is 21.3. The standard InChI is InChI=1S/C24H24N4OS2/c1-16-8-6-10-21(18(16)3)28-12-11-25-24(28)31-15-19-14-30-23(26-19)13-22(29)27-20-9-5-4-7-17(20)2/h4-12,14H,13,15H2,1-3H3,(H,27,29). The van der Waals surface area contributed by atoms with E-state index in [2.05, 4.69) is 51.9 Å². The number of imidazole rings is 1. The van der Waals surface area contributed by atoms with Crippen molar-refractivity contribution in [3.63, 3.8) is 0 Å². The van der Waals surface area contributed by atoms with Gasteiger partial charge in [-0.05, 0) is 49.6 Å². The molecule has 7 heteroatoms. The van der Waals surface area contributed by atoms with E-state index in [1.807, 2.05) is 49.0 Å². The molecule has 158 valence electrons. The maximum absolute atomic E-state index is 12.4. The van der Waals surface area contributed by atoms with Gasteiger partial charge in [-0.1, -0.05) is 42.1 Å². The molecule has 0 spiro atoms. The van der Waals surface area contributed by atoms with Gasteiger partial charge in [0.25, 0.3) is 0 Å². The van der Waals surface area contributed by atoms with Gasteiger partial charge in [0.1, 0.15) is 5.01 Å². The molecule has 0 aliphatic carbocycles. The van der Waals surface area contributed by atoms with Crippen molar-refractivity contribution in [1.82, 2.24) is 14.5 Å². The SMILES string of the molecule is Cc1ccccc1NC(=O)Cc1nc(CSc2nccn2-c2cccc(C)c2C)cs1. The summed E-state index contributed by atoms with van der Waals surface area (Å²) >= 11 is 3.17. The Balaban J connectivity index is 1.38. The predicted molar refractivity (Wildman–Crippen MR) is 128 cm³/mol. The lowest BCUT2D eigenvalue weighted by Crippen LogP contribution is -2.15. The summed E-state index contributed by atoms with van der Waals surface area (Å²) in [6.45, 7) is 6.24. The average Bonchev–Trinajstić information content (AvgIpc) is 3.39. The van der Waals surface area contributed by atoms with Gasteiger partial charge in [0.05, 0.1) is 17.8 Å². The Morgan fingerprint density at radius 1 is 1.10 bits per heavy atom. The first-order valence-corrected chi connectivity index (χ1v) is 11.9. The number of carbonyl (C=O) groups excluding carboxylic acids is 1. The molecular weight excluding hydrogens is 424 g/mol. The first-order chi connectivity index (χ1) is 15.0. The molecule has 2 aromatic heterocycles. The zero-order valence-electron chi connectivity index (χ0n) is 17.8. The number of para-hydroxylation sites is 1. The number of benzene rings is 2. The quantitative estimate of drug-likeness (QED) is 0.367. The molecule has 0 aliphatic heterocycles. The maximum Gasteiger partial charge on any atom is 0.231 e. The number of aryl methyl sites for hydroxylation is 2. The summed E-state index contributed by atoms with van der Waals surface area (Å²) < 4.78 is 2.12. The summed E-state index contributed by atoms with van der Waals surface area (Å²) in [4.78, 5) is 21.6. The van der Waals surface area contributed by atoms with Gasteiger partial charge in [-0.25, -0.2) is 9.97 Å². The molecule has 4 aromatic rings. The lowest BCUT2D eigenvalue weighted by molar-refractivity contribution is -0.115. The number of aromatic nitrogens is 3. The molecule has 0 saturated heterocycles. The second-order valence-corrected chi connectivity index (χ2v) is 9.25. The van der Waals surface area contributed by atoms with Crippen LogP contribution in [0.2, 0.25) is 0 Å². The van der Waals surface area contributed by atoms with Crippen LogP contribution >= 0.6 is 23.1 Å². The lowest BCUT2D eigenvalue weighted by Gasteiger charge is -2.12. The zero-order chi connectivity index (χ0) is 21.8. The molecule has 0 atom stereocenters. The van der Waals surface area contributed by atoms with Crippen molar-refractivity contribution in [2.75, 3.05) is 5.32 Å². The number of amides is 1. The van der Waals surface area contributed by atoms with Crippen molar-refractivity contribution >= 4 is 34.7 Å². The Morgan fingerprint density at radius 3 is 2.74 bits per heavy atom. The fourth-order valence-corrected chi connectivity index (χ4v) is 5.01. The van der Waals surface area contributed by atoms with Gasteiger partial charge in [-0.3, -0.25) is 9.36 Å². The van der Waals surface area contributed by atoms with E-state index in [9.17, 15) is 4.79 Å². The topological polar surface area (TPSA) is 59.8 Å². The molecule has 0 radical (unpaired) electrons. The van der Waals surface area contributed by atoms with E-state index in [-0.39, 0.29) is 12.3 Å². The van der Waals surface area contributed by atoms with Crippen molar-refractivity contribution in [2.24, 2.45) is 0 Å². The van der Waals surface area contributed by atoms with E-state index in [0.29, 0.717) is 5.75 Å². The Labute approximate surface area is 190 Å². The molecule has 1 N–H and O–H groups in total. The van der Waals surface area contributed by atoms with Crippen molar-refractivity contribution in [1.29, 1.82) is 0 Å². The van der Waals surface area contributed by atoms with Crippen LogP contribution in [0.15, 0.2) is 65.4 Å². The third-order valence-corrected chi connectivity index (χ3v) is 7.02. The Hall–Kier alpha value is -2.90. The first-order valence-electron chi connectivity index (χ1n) is 10.0. The molecule has 2 aromatic carbocycles. The van der Waals surface area contributed by atoms with Crippen LogP contribution in [0.5, 0.6) is 0 Å². The molecular formula is C24H24N4OS2. The van der Waals surface area contributed by atoms with Gasteiger partial charge in [0, 0.05) is 29.2 Å². The van der Waals surface area contributed by atoms with Crippen LogP contribution in [-0.4, -0.2) is 20.4 Å². The van der Waals surface area contributed by atoms with Crippen LogP contribution < -0.4 is 5.32 Å². The number of nitrogens with zero attached hydrogens (tertiary/aromatic N) is 3. The van der Waals surface area contributed by atoms with E-state index in [0.717, 1.165) is 32.8 Å². The molecule has 0 unspecified atom stereocenters. The minimum atomic E-state index is -0.0479. The summed E-state index contributed by atoms with van der Waals surface area (Å²) in [6, 6.07) is 14.1. The molecule has 0 fully saturated rings. The lowest BCUT2D eigenvalue weighted by atomic mass is 10.1. The van der Waals surface area contributed by atoms with Crippen LogP contribution in [0.3, 0.4) is 0 Å². The van der Waals surface area contributed by atoms with E-state index in [1.54, 1.807) is 11.8 Å². The molecule has 0 aliphatic rings. The number of rotatable bonds is 7. The second kappa shape index (κ2) is 9.49. The van der Waals surface area contributed by atoms with Gasteiger partial charge < -0.3 is 5.32 Å². The highest BCUT2D eigenvalue weighted by Gasteiger charge is 2.12. The van der Waals surface area contributed by atoms with E-state index in [1.165, 1.54) is 22.5 Å². The van der Waals surface area contributed by atoms with Gasteiger partial charge in [0.2, 0.25) is 5.91 Å². The highest BCUT2D eigenvalue weighted by atomic mass is 32.2. The molecule has 31 heavy (non-hydrogen) atoms. The molecule has 2 heterocycles. The average molecular weight is 449 g/mol. The largest absolute Gasteiger partial charge is 0.325 e. The van der Waals surface area contributed by atoms with E-state index in [4.69, 9.17) is 0 Å². The minimum Gasteiger partial charge on any atom is -0.325 e. The summed E-state index contributed by atoms with van der Waals surface area (Å²) in [5, 5.41) is 6.74. The highest BCUT2D eigenvalue weighted by molar-refractivity contribution is 7.98. The fraction of sp³-hybridized carbons (Fsp3) is 0.208. The van der Waals surface area contributed by atoms with Crippen LogP contribution in [0, 0.1) is 20.8 Å². The van der Waals surface area contributed by atoms with Crippen LogP contribution in [0.4, 0.5) is 5.69 Å². The summed E-state index contributed by atoms with van der Waals surface area (Å²) in [5.41, 5.74) is 6.51. The summed E-state index contributed by atoms with van der Waals surface area (Å²) in [6.07, 6.45) is 4.10. The van der Waals surface area contributed by atoms with Gasteiger partial charge in [-0.15, -0.1) is 11.3 Å². The summed E-state index contributed by atoms with van der Waals surface area (Å²) in [7, 11) is 0. The molecule has 5 nitrogen and oxygen atoms in total. The number of thioether (sulfide) groups is 1. The number of anilines is 1. The fourth-order valence-electron chi connectivity index (χ4n) is 3.26.